The smallest absolute Gasteiger partial charge is 0.164 e. The minimum absolute atomic E-state index is 0.224. The molecule has 0 aromatic heterocycles. The van der Waals surface area contributed by atoms with Crippen LogP contribution in [0.25, 0.3) is 11.1 Å². The van der Waals surface area contributed by atoms with Gasteiger partial charge in [0.2, 0.25) is 0 Å². The number of carbonyl (C=O) groups is 1. The van der Waals surface area contributed by atoms with Gasteiger partial charge in [0, 0.05) is 12.0 Å². The van der Waals surface area contributed by atoms with Gasteiger partial charge in [0.05, 0.1) is 0 Å². The maximum Gasteiger partial charge on any atom is 0.164 e. The lowest BCUT2D eigenvalue weighted by molar-refractivity contribution is 0.0989. The van der Waals surface area contributed by atoms with E-state index in [2.05, 4.69) is 9.24 Å². The summed E-state index contributed by atoms with van der Waals surface area (Å²) in [5, 5.41) is 0. The maximum atomic E-state index is 12.2. The van der Waals surface area contributed by atoms with E-state index in [1.807, 2.05) is 55.5 Å². The first-order chi connectivity index (χ1) is 8.74. The fourth-order valence-electron chi connectivity index (χ4n) is 2.15. The van der Waals surface area contributed by atoms with Gasteiger partial charge in [-0.05, 0) is 29.8 Å². The summed E-state index contributed by atoms with van der Waals surface area (Å²) in [6.07, 6.45) is 1.39. The molecule has 0 aliphatic rings. The molecule has 0 heterocycles. The number of hydrogen-bond acceptors (Lipinski definition) is 1. The van der Waals surface area contributed by atoms with Crippen LogP contribution in [0.5, 0.6) is 0 Å². The fourth-order valence-corrected chi connectivity index (χ4v) is 2.41. The van der Waals surface area contributed by atoms with E-state index < -0.39 is 0 Å². The van der Waals surface area contributed by atoms with Gasteiger partial charge in [-0.1, -0.05) is 48.5 Å². The Morgan fingerprint density at radius 2 is 1.78 bits per heavy atom. The molecule has 0 aliphatic heterocycles. The van der Waals surface area contributed by atoms with Crippen molar-refractivity contribution in [2.45, 2.75) is 13.3 Å². The monoisotopic (exact) mass is 256 g/mol. The highest BCUT2D eigenvalue weighted by Crippen LogP contribution is 2.27. The molecule has 2 aromatic rings. The predicted molar refractivity (Wildman–Crippen MR) is 80.1 cm³/mol. The largest absolute Gasteiger partial charge is 0.294 e. The van der Waals surface area contributed by atoms with Gasteiger partial charge in [-0.25, -0.2) is 0 Å². The minimum atomic E-state index is 0.224. The van der Waals surface area contributed by atoms with Gasteiger partial charge >= 0.3 is 0 Å². The topological polar surface area (TPSA) is 17.1 Å². The summed E-state index contributed by atoms with van der Waals surface area (Å²) in [7, 11) is 2.61. The third-order valence-electron chi connectivity index (χ3n) is 3.01. The summed E-state index contributed by atoms with van der Waals surface area (Å²) in [5.74, 6) is 0.224. The molecule has 0 saturated heterocycles. The van der Waals surface area contributed by atoms with Crippen molar-refractivity contribution >= 4 is 15.0 Å². The van der Waals surface area contributed by atoms with Crippen LogP contribution < -0.4 is 0 Å². The molecule has 1 nitrogen and oxygen atoms in total. The molecular weight excluding hydrogens is 239 g/mol. The average molecular weight is 256 g/mol. The lowest BCUT2D eigenvalue weighted by Gasteiger charge is -2.11. The van der Waals surface area contributed by atoms with Crippen LogP contribution in [-0.2, 0) is 0 Å². The van der Waals surface area contributed by atoms with Crippen LogP contribution in [0.3, 0.4) is 0 Å². The van der Waals surface area contributed by atoms with Crippen molar-refractivity contribution in [1.82, 2.24) is 0 Å². The number of benzene rings is 2. The second kappa shape index (κ2) is 5.93. The SMILES string of the molecule is Cc1cccc(-c2ccccc2)c1C(=O)CCP. The van der Waals surface area contributed by atoms with E-state index in [-0.39, 0.29) is 5.78 Å². The summed E-state index contributed by atoms with van der Waals surface area (Å²) in [4.78, 5) is 12.2. The normalized spacial score (nSPS) is 10.3. The molecule has 1 atom stereocenters. The van der Waals surface area contributed by atoms with Crippen molar-refractivity contribution in [1.29, 1.82) is 0 Å². The Morgan fingerprint density at radius 3 is 2.44 bits per heavy atom. The first kappa shape index (κ1) is 13.0. The molecule has 92 valence electrons. The molecule has 0 spiro atoms. The predicted octanol–water partition coefficient (Wildman–Crippen LogP) is 4.11. The standard InChI is InChI=1S/C16H17OP/c1-12-6-5-9-14(13-7-3-2-4-8-13)16(12)15(17)10-11-18/h2-9H,10-11,18H2,1H3. The molecule has 0 N–H and O–H groups in total. The minimum Gasteiger partial charge on any atom is -0.294 e. The molecule has 0 fully saturated rings. The maximum absolute atomic E-state index is 12.2. The molecule has 2 heteroatoms. The van der Waals surface area contributed by atoms with Crippen LogP contribution in [-0.4, -0.2) is 11.9 Å². The van der Waals surface area contributed by atoms with Crippen LogP contribution in [0.4, 0.5) is 0 Å². The van der Waals surface area contributed by atoms with E-state index in [9.17, 15) is 4.79 Å². The Morgan fingerprint density at radius 1 is 1.06 bits per heavy atom. The number of aryl methyl sites for hydroxylation is 1. The summed E-state index contributed by atoms with van der Waals surface area (Å²) in [5.41, 5.74) is 4.07. The molecule has 2 rings (SSSR count). The second-order valence-electron chi connectivity index (χ2n) is 4.33. The number of Topliss-reactive ketones (excluding diaryl/α,β-unsaturated/α-hetero) is 1. The van der Waals surface area contributed by atoms with Gasteiger partial charge in [-0.2, -0.15) is 0 Å². The van der Waals surface area contributed by atoms with E-state index >= 15 is 0 Å². The molecule has 18 heavy (non-hydrogen) atoms. The Bertz CT molecular complexity index is 546. The van der Waals surface area contributed by atoms with Crippen molar-refractivity contribution in [3.8, 4) is 11.1 Å². The first-order valence-electron chi connectivity index (χ1n) is 6.12. The van der Waals surface area contributed by atoms with Crippen molar-refractivity contribution in [3.05, 3.63) is 59.7 Å². The zero-order chi connectivity index (χ0) is 13.0. The average Bonchev–Trinajstić information content (AvgIpc) is 2.39. The van der Waals surface area contributed by atoms with Gasteiger partial charge in [0.15, 0.2) is 5.78 Å². The zero-order valence-corrected chi connectivity index (χ0v) is 11.7. The third-order valence-corrected chi connectivity index (χ3v) is 3.30. The molecule has 1 unspecified atom stereocenters. The van der Waals surface area contributed by atoms with Crippen LogP contribution in [0.15, 0.2) is 48.5 Å². The van der Waals surface area contributed by atoms with Crippen molar-refractivity contribution in [2.75, 3.05) is 6.16 Å². The van der Waals surface area contributed by atoms with Crippen molar-refractivity contribution in [3.63, 3.8) is 0 Å². The lowest BCUT2D eigenvalue weighted by atomic mass is 9.92. The third kappa shape index (κ3) is 2.68. The van der Waals surface area contributed by atoms with Crippen molar-refractivity contribution in [2.24, 2.45) is 0 Å². The van der Waals surface area contributed by atoms with Gasteiger partial charge in [-0.3, -0.25) is 4.79 Å². The van der Waals surface area contributed by atoms with E-state index in [0.717, 1.165) is 28.4 Å². The molecule has 0 bridgehead atoms. The van der Waals surface area contributed by atoms with Gasteiger partial charge in [-0.15, -0.1) is 9.24 Å². The van der Waals surface area contributed by atoms with E-state index in [4.69, 9.17) is 0 Å². The Balaban J connectivity index is 2.55. The quantitative estimate of drug-likeness (QED) is 0.594. The summed E-state index contributed by atoms with van der Waals surface area (Å²) in [6.45, 7) is 2.00. The Kier molecular flexibility index (Phi) is 4.28. The Hall–Kier alpha value is -1.46. The van der Waals surface area contributed by atoms with E-state index in [1.54, 1.807) is 0 Å². The number of rotatable bonds is 4. The highest BCUT2D eigenvalue weighted by molar-refractivity contribution is 7.16. The first-order valence-corrected chi connectivity index (χ1v) is 6.94. The number of ketones is 1. The van der Waals surface area contributed by atoms with Gasteiger partial charge < -0.3 is 0 Å². The lowest BCUT2D eigenvalue weighted by Crippen LogP contribution is -2.04. The summed E-state index contributed by atoms with van der Waals surface area (Å²) < 4.78 is 0. The van der Waals surface area contributed by atoms with Crippen LogP contribution >= 0.6 is 9.24 Å². The van der Waals surface area contributed by atoms with Crippen LogP contribution in [0, 0.1) is 6.92 Å². The second-order valence-corrected chi connectivity index (χ2v) is 4.90. The van der Waals surface area contributed by atoms with Crippen LogP contribution in [0.2, 0.25) is 0 Å². The summed E-state index contributed by atoms with van der Waals surface area (Å²) in [6, 6.07) is 16.1. The molecule has 2 aromatic carbocycles. The van der Waals surface area contributed by atoms with E-state index in [0.29, 0.717) is 6.42 Å². The Labute approximate surface area is 110 Å². The fraction of sp³-hybridized carbons (Fsp3) is 0.188. The molecule has 0 radical (unpaired) electrons. The molecule has 0 aliphatic carbocycles. The molecular formula is C16H17OP. The number of carbonyl (C=O) groups excluding carboxylic acids is 1. The highest BCUT2D eigenvalue weighted by Gasteiger charge is 2.14. The molecule has 0 amide bonds. The zero-order valence-electron chi connectivity index (χ0n) is 10.5. The van der Waals surface area contributed by atoms with Crippen LogP contribution in [0.1, 0.15) is 22.3 Å². The van der Waals surface area contributed by atoms with Crippen molar-refractivity contribution < 1.29 is 4.79 Å². The number of hydrogen-bond donors (Lipinski definition) is 0. The molecule has 0 saturated carbocycles. The highest BCUT2D eigenvalue weighted by atomic mass is 31.0. The van der Waals surface area contributed by atoms with Gasteiger partial charge in [0.25, 0.3) is 0 Å². The van der Waals surface area contributed by atoms with E-state index in [1.165, 1.54) is 0 Å². The van der Waals surface area contributed by atoms with Gasteiger partial charge in [0.1, 0.15) is 0 Å². The summed E-state index contributed by atoms with van der Waals surface area (Å²) >= 11 is 0.